The molecule has 0 saturated carbocycles. The van der Waals surface area contributed by atoms with Crippen LogP contribution in [0.25, 0.3) is 0 Å². The molecule has 0 amide bonds. The first-order valence-corrected chi connectivity index (χ1v) is 13.6. The summed E-state index contributed by atoms with van der Waals surface area (Å²) in [5.41, 5.74) is 3.79. The summed E-state index contributed by atoms with van der Waals surface area (Å²) in [4.78, 5) is 21.8. The van der Waals surface area contributed by atoms with Crippen LogP contribution in [0, 0.1) is 5.92 Å². The van der Waals surface area contributed by atoms with E-state index in [4.69, 9.17) is 14.3 Å². The van der Waals surface area contributed by atoms with E-state index in [0.717, 1.165) is 33.9 Å². The van der Waals surface area contributed by atoms with Crippen LogP contribution in [0.2, 0.25) is 0 Å². The van der Waals surface area contributed by atoms with Gasteiger partial charge in [-0.3, -0.25) is 9.63 Å². The van der Waals surface area contributed by atoms with Crippen LogP contribution < -0.4 is 14.5 Å². The van der Waals surface area contributed by atoms with Crippen molar-refractivity contribution in [2.45, 2.75) is 38.3 Å². The first-order valence-electron chi connectivity index (χ1n) is 12.7. The normalized spacial score (nSPS) is 19.4. The molecule has 5 rings (SSSR count). The quantitative estimate of drug-likeness (QED) is 0.230. The van der Waals surface area contributed by atoms with Gasteiger partial charge < -0.3 is 9.47 Å². The van der Waals surface area contributed by atoms with Gasteiger partial charge in [0.05, 0.1) is 36.7 Å². The van der Waals surface area contributed by atoms with E-state index in [2.05, 4.69) is 32.9 Å². The molecule has 196 valence electrons. The highest BCUT2D eigenvalue weighted by Gasteiger charge is 2.50. The molecule has 0 radical (unpaired) electrons. The maximum atomic E-state index is 14.3. The van der Waals surface area contributed by atoms with Gasteiger partial charge in [0.1, 0.15) is 17.6 Å². The van der Waals surface area contributed by atoms with Crippen LogP contribution in [-0.4, -0.2) is 20.0 Å². The van der Waals surface area contributed by atoms with Crippen LogP contribution in [0.1, 0.15) is 59.3 Å². The SMILES string of the molecule is COc1ccc([C@@H]2ON(c3ccccc3)[C@H](c3cc(C(C)(C)C)ccc3OC)[C@H]2C(=O)c2cccs2)cc1. The van der Waals surface area contributed by atoms with Crippen molar-refractivity contribution < 1.29 is 19.1 Å². The van der Waals surface area contributed by atoms with E-state index in [1.54, 1.807) is 14.2 Å². The average molecular weight is 528 g/mol. The largest absolute Gasteiger partial charge is 0.497 e. The summed E-state index contributed by atoms with van der Waals surface area (Å²) < 4.78 is 11.3. The summed E-state index contributed by atoms with van der Waals surface area (Å²) in [6.07, 6.45) is -0.510. The fourth-order valence-corrected chi connectivity index (χ4v) is 5.75. The minimum Gasteiger partial charge on any atom is -0.497 e. The number of thiophene rings is 1. The number of ether oxygens (including phenoxy) is 2. The predicted octanol–water partition coefficient (Wildman–Crippen LogP) is 7.80. The third kappa shape index (κ3) is 4.94. The van der Waals surface area contributed by atoms with Crippen molar-refractivity contribution in [1.29, 1.82) is 0 Å². The highest BCUT2D eigenvalue weighted by Crippen LogP contribution is 2.52. The Kier molecular flexibility index (Phi) is 7.28. The molecule has 0 unspecified atom stereocenters. The summed E-state index contributed by atoms with van der Waals surface area (Å²) in [5.74, 6) is 1.01. The van der Waals surface area contributed by atoms with Gasteiger partial charge in [-0.2, -0.15) is 0 Å². The molecule has 1 aliphatic rings. The molecule has 38 heavy (non-hydrogen) atoms. The lowest BCUT2D eigenvalue weighted by molar-refractivity contribution is 0.0602. The minimum atomic E-state index is -0.522. The van der Waals surface area contributed by atoms with Gasteiger partial charge >= 0.3 is 0 Å². The summed E-state index contributed by atoms with van der Waals surface area (Å²) in [7, 11) is 3.32. The number of para-hydroxylation sites is 1. The van der Waals surface area contributed by atoms with E-state index < -0.39 is 18.1 Å². The number of carbonyl (C=O) groups excluding carboxylic acids is 1. The van der Waals surface area contributed by atoms with Gasteiger partial charge in [0.15, 0.2) is 5.78 Å². The molecule has 2 heterocycles. The monoisotopic (exact) mass is 527 g/mol. The second kappa shape index (κ2) is 10.6. The van der Waals surface area contributed by atoms with Crippen molar-refractivity contribution in [2.24, 2.45) is 5.92 Å². The van der Waals surface area contributed by atoms with E-state index in [1.807, 2.05) is 83.2 Å². The topological polar surface area (TPSA) is 48.0 Å². The standard InChI is InChI=1S/C32H33NO4S/c1-32(2,3)22-15-18-26(36-5)25(20-22)29-28(30(34)27-12-9-19-38-27)31(21-13-16-24(35-4)17-14-21)37-33(29)23-10-7-6-8-11-23/h6-20,28-29,31H,1-5H3/t28-,29+,31-/m0/s1. The van der Waals surface area contributed by atoms with Gasteiger partial charge in [-0.15, -0.1) is 11.3 Å². The molecular formula is C32H33NO4S. The van der Waals surface area contributed by atoms with Crippen LogP contribution in [0.4, 0.5) is 5.69 Å². The van der Waals surface area contributed by atoms with Gasteiger partial charge in [0, 0.05) is 5.56 Å². The Hall–Kier alpha value is -3.61. The number of Topliss-reactive ketones (excluding diaryl/α,β-unsaturated/α-hetero) is 1. The Bertz CT molecular complexity index is 1380. The van der Waals surface area contributed by atoms with E-state index in [1.165, 1.54) is 11.3 Å². The lowest BCUT2D eigenvalue weighted by Gasteiger charge is -2.30. The second-order valence-electron chi connectivity index (χ2n) is 10.5. The molecule has 4 aromatic rings. The maximum Gasteiger partial charge on any atom is 0.181 e. The molecule has 3 atom stereocenters. The number of hydrogen-bond donors (Lipinski definition) is 0. The summed E-state index contributed by atoms with van der Waals surface area (Å²) in [5, 5.41) is 3.84. The Morgan fingerprint density at radius 3 is 2.24 bits per heavy atom. The number of hydrogen-bond acceptors (Lipinski definition) is 6. The summed E-state index contributed by atoms with van der Waals surface area (Å²) in [6.45, 7) is 6.56. The van der Waals surface area contributed by atoms with Crippen molar-refractivity contribution >= 4 is 22.8 Å². The summed E-state index contributed by atoms with van der Waals surface area (Å²) >= 11 is 1.46. The van der Waals surface area contributed by atoms with Crippen molar-refractivity contribution in [3.8, 4) is 11.5 Å². The number of hydroxylamine groups is 1. The zero-order valence-corrected chi connectivity index (χ0v) is 23.2. The van der Waals surface area contributed by atoms with Gasteiger partial charge in [-0.05, 0) is 64.4 Å². The Morgan fingerprint density at radius 1 is 0.895 bits per heavy atom. The summed E-state index contributed by atoms with van der Waals surface area (Å²) in [6, 6.07) is 27.4. The first-order chi connectivity index (χ1) is 18.3. The molecule has 1 aliphatic heterocycles. The van der Waals surface area contributed by atoms with Crippen molar-refractivity contribution in [1.82, 2.24) is 0 Å². The van der Waals surface area contributed by atoms with E-state index >= 15 is 0 Å². The molecule has 5 nitrogen and oxygen atoms in total. The van der Waals surface area contributed by atoms with Gasteiger partial charge in [0.25, 0.3) is 0 Å². The Balaban J connectivity index is 1.73. The van der Waals surface area contributed by atoms with Crippen LogP contribution in [0.3, 0.4) is 0 Å². The molecule has 6 heteroatoms. The highest BCUT2D eigenvalue weighted by molar-refractivity contribution is 7.12. The number of nitrogens with zero attached hydrogens (tertiary/aromatic N) is 1. The number of anilines is 1. The highest BCUT2D eigenvalue weighted by atomic mass is 32.1. The van der Waals surface area contributed by atoms with Crippen molar-refractivity contribution in [3.05, 3.63) is 112 Å². The second-order valence-corrected chi connectivity index (χ2v) is 11.4. The smallest absolute Gasteiger partial charge is 0.181 e. The first kappa shape index (κ1) is 26.0. The van der Waals surface area contributed by atoms with E-state index in [9.17, 15) is 4.79 Å². The number of benzene rings is 3. The predicted molar refractivity (Wildman–Crippen MR) is 152 cm³/mol. The van der Waals surface area contributed by atoms with Crippen LogP contribution >= 0.6 is 11.3 Å². The molecule has 0 N–H and O–H groups in total. The Morgan fingerprint density at radius 2 is 1.63 bits per heavy atom. The Labute approximate surface area is 228 Å². The van der Waals surface area contributed by atoms with Gasteiger partial charge in [0.2, 0.25) is 0 Å². The van der Waals surface area contributed by atoms with E-state index in [0.29, 0.717) is 4.88 Å². The number of rotatable bonds is 7. The fraction of sp³-hybridized carbons (Fsp3) is 0.281. The molecule has 1 saturated heterocycles. The third-order valence-electron chi connectivity index (χ3n) is 7.08. The van der Waals surface area contributed by atoms with Crippen molar-refractivity contribution in [2.75, 3.05) is 19.3 Å². The molecule has 1 fully saturated rings. The van der Waals surface area contributed by atoms with Gasteiger partial charge in [-0.1, -0.05) is 63.2 Å². The van der Waals surface area contributed by atoms with Crippen molar-refractivity contribution in [3.63, 3.8) is 0 Å². The number of carbonyl (C=O) groups is 1. The molecule has 0 aliphatic carbocycles. The minimum absolute atomic E-state index is 0.0486. The van der Waals surface area contributed by atoms with Crippen LogP contribution in [-0.2, 0) is 10.3 Å². The zero-order chi connectivity index (χ0) is 26.9. The molecule has 1 aromatic heterocycles. The average Bonchev–Trinajstić information content (AvgIpc) is 3.61. The lowest BCUT2D eigenvalue weighted by Crippen LogP contribution is -2.29. The van der Waals surface area contributed by atoms with Crippen LogP contribution in [0.5, 0.6) is 11.5 Å². The van der Waals surface area contributed by atoms with E-state index in [-0.39, 0.29) is 11.2 Å². The van der Waals surface area contributed by atoms with Gasteiger partial charge in [-0.25, -0.2) is 5.06 Å². The number of methoxy groups -OCH3 is 2. The maximum absolute atomic E-state index is 14.3. The third-order valence-corrected chi connectivity index (χ3v) is 7.97. The lowest BCUT2D eigenvalue weighted by atomic mass is 9.79. The molecular weight excluding hydrogens is 494 g/mol. The molecule has 3 aromatic carbocycles. The molecule has 0 spiro atoms. The van der Waals surface area contributed by atoms with Crippen LogP contribution in [0.15, 0.2) is 90.3 Å². The fourth-order valence-electron chi connectivity index (χ4n) is 5.04. The number of ketones is 1. The zero-order valence-electron chi connectivity index (χ0n) is 22.4. The molecule has 0 bridgehead atoms.